The predicted octanol–water partition coefficient (Wildman–Crippen LogP) is 2.59. The van der Waals surface area contributed by atoms with Crippen molar-refractivity contribution in [2.75, 3.05) is 5.32 Å². The highest BCUT2D eigenvalue weighted by molar-refractivity contribution is 5.92. The number of hydrogen-bond acceptors (Lipinski definition) is 3. The van der Waals surface area contributed by atoms with Gasteiger partial charge in [-0.25, -0.2) is 0 Å². The van der Waals surface area contributed by atoms with Crippen LogP contribution in [0.15, 0.2) is 24.3 Å². The molecule has 24 heavy (non-hydrogen) atoms. The van der Waals surface area contributed by atoms with E-state index in [1.54, 1.807) is 0 Å². The Hall–Kier alpha value is -1.88. The van der Waals surface area contributed by atoms with Gasteiger partial charge in [-0.05, 0) is 49.8 Å². The number of benzene rings is 1. The number of hydrogen-bond donors (Lipinski definition) is 3. The molecule has 0 heterocycles. The molecular weight excluding hydrogens is 304 g/mol. The summed E-state index contributed by atoms with van der Waals surface area (Å²) in [5.74, 6) is -0.129. The van der Waals surface area contributed by atoms with Gasteiger partial charge in [0.05, 0.1) is 12.0 Å². The standard InChI is InChI=1S/C19H26N2O3/c22-17-10-4-9-16(17)19(24)20-12-13-5-3-8-15(11-13)21-18(23)14-6-1-2-7-14/h3,5,8,11,14,16-17,22H,1-2,4,6-7,9-10,12H2,(H,20,24)(H,21,23). The summed E-state index contributed by atoms with van der Waals surface area (Å²) in [6.07, 6.45) is 6.08. The molecule has 3 N–H and O–H groups in total. The quantitative estimate of drug-likeness (QED) is 0.776. The molecule has 2 aliphatic carbocycles. The molecule has 2 saturated carbocycles. The maximum absolute atomic E-state index is 12.2. The van der Waals surface area contributed by atoms with Crippen LogP contribution in [0.5, 0.6) is 0 Å². The zero-order chi connectivity index (χ0) is 16.9. The van der Waals surface area contributed by atoms with Crippen molar-refractivity contribution in [3.05, 3.63) is 29.8 Å². The molecule has 1 aromatic carbocycles. The van der Waals surface area contributed by atoms with E-state index in [0.717, 1.165) is 49.8 Å². The molecule has 2 aliphatic rings. The minimum atomic E-state index is -0.512. The highest BCUT2D eigenvalue weighted by Gasteiger charge is 2.31. The Morgan fingerprint density at radius 2 is 1.83 bits per heavy atom. The van der Waals surface area contributed by atoms with E-state index < -0.39 is 6.10 Å². The van der Waals surface area contributed by atoms with Crippen LogP contribution in [-0.2, 0) is 16.1 Å². The Morgan fingerprint density at radius 3 is 2.54 bits per heavy atom. The van der Waals surface area contributed by atoms with Gasteiger partial charge in [0.25, 0.3) is 0 Å². The van der Waals surface area contributed by atoms with Gasteiger partial charge in [-0.3, -0.25) is 9.59 Å². The first-order chi connectivity index (χ1) is 11.6. The second kappa shape index (κ2) is 7.79. The molecule has 3 rings (SSSR count). The third kappa shape index (κ3) is 4.15. The maximum atomic E-state index is 12.2. The van der Waals surface area contributed by atoms with Crippen LogP contribution in [0.4, 0.5) is 5.69 Å². The summed E-state index contributed by atoms with van der Waals surface area (Å²) >= 11 is 0. The van der Waals surface area contributed by atoms with Crippen LogP contribution in [0.25, 0.3) is 0 Å². The minimum Gasteiger partial charge on any atom is -0.392 e. The van der Waals surface area contributed by atoms with Crippen molar-refractivity contribution in [2.24, 2.45) is 11.8 Å². The van der Waals surface area contributed by atoms with E-state index in [-0.39, 0.29) is 23.7 Å². The molecule has 0 spiro atoms. The number of carbonyl (C=O) groups excluding carboxylic acids is 2. The van der Waals surface area contributed by atoms with E-state index in [0.29, 0.717) is 13.0 Å². The fraction of sp³-hybridized carbons (Fsp3) is 0.579. The molecule has 0 saturated heterocycles. The van der Waals surface area contributed by atoms with Gasteiger partial charge >= 0.3 is 0 Å². The maximum Gasteiger partial charge on any atom is 0.227 e. The lowest BCUT2D eigenvalue weighted by molar-refractivity contribution is -0.127. The molecule has 2 atom stereocenters. The van der Waals surface area contributed by atoms with E-state index in [2.05, 4.69) is 10.6 Å². The van der Waals surface area contributed by atoms with E-state index in [4.69, 9.17) is 0 Å². The molecule has 0 bridgehead atoms. The Kier molecular flexibility index (Phi) is 5.51. The molecule has 2 amide bonds. The van der Waals surface area contributed by atoms with Crippen molar-refractivity contribution in [3.8, 4) is 0 Å². The summed E-state index contributed by atoms with van der Waals surface area (Å²) in [6.45, 7) is 0.412. The fourth-order valence-corrected chi connectivity index (χ4v) is 3.76. The average Bonchev–Trinajstić information content (AvgIpc) is 3.24. The van der Waals surface area contributed by atoms with Gasteiger partial charge in [-0.1, -0.05) is 25.0 Å². The number of nitrogens with one attached hydrogen (secondary N) is 2. The van der Waals surface area contributed by atoms with Crippen molar-refractivity contribution in [1.29, 1.82) is 0 Å². The van der Waals surface area contributed by atoms with Crippen molar-refractivity contribution >= 4 is 17.5 Å². The number of aliphatic hydroxyl groups excluding tert-OH is 1. The third-order valence-electron chi connectivity index (χ3n) is 5.20. The topological polar surface area (TPSA) is 78.4 Å². The Balaban J connectivity index is 1.53. The lowest BCUT2D eigenvalue weighted by Gasteiger charge is -2.15. The molecular formula is C19H26N2O3. The van der Waals surface area contributed by atoms with E-state index in [1.165, 1.54) is 0 Å². The first-order valence-corrected chi connectivity index (χ1v) is 8.99. The van der Waals surface area contributed by atoms with E-state index >= 15 is 0 Å². The van der Waals surface area contributed by atoms with Gasteiger partial charge < -0.3 is 15.7 Å². The van der Waals surface area contributed by atoms with Crippen LogP contribution in [0.2, 0.25) is 0 Å². The Morgan fingerprint density at radius 1 is 1.04 bits per heavy atom. The summed E-state index contributed by atoms with van der Waals surface area (Å²) in [4.78, 5) is 24.3. The summed E-state index contributed by atoms with van der Waals surface area (Å²) in [5, 5.41) is 15.7. The van der Waals surface area contributed by atoms with Gasteiger partial charge in [0, 0.05) is 18.2 Å². The molecule has 2 fully saturated rings. The lowest BCUT2D eigenvalue weighted by Crippen LogP contribution is -2.34. The number of amides is 2. The predicted molar refractivity (Wildman–Crippen MR) is 92.2 cm³/mol. The van der Waals surface area contributed by atoms with Crippen molar-refractivity contribution < 1.29 is 14.7 Å². The van der Waals surface area contributed by atoms with Crippen molar-refractivity contribution in [1.82, 2.24) is 5.32 Å². The molecule has 5 heteroatoms. The lowest BCUT2D eigenvalue weighted by atomic mass is 10.1. The van der Waals surface area contributed by atoms with Gasteiger partial charge in [-0.15, -0.1) is 0 Å². The normalized spacial score (nSPS) is 24.0. The zero-order valence-corrected chi connectivity index (χ0v) is 14.0. The van der Waals surface area contributed by atoms with Crippen LogP contribution in [0.1, 0.15) is 50.5 Å². The zero-order valence-electron chi connectivity index (χ0n) is 14.0. The van der Waals surface area contributed by atoms with Crippen LogP contribution in [-0.4, -0.2) is 23.0 Å². The van der Waals surface area contributed by atoms with Crippen LogP contribution in [0.3, 0.4) is 0 Å². The molecule has 0 aliphatic heterocycles. The summed E-state index contributed by atoms with van der Waals surface area (Å²) < 4.78 is 0. The van der Waals surface area contributed by atoms with Gasteiger partial charge in [0.1, 0.15) is 0 Å². The highest BCUT2D eigenvalue weighted by Crippen LogP contribution is 2.27. The number of carbonyl (C=O) groups is 2. The van der Waals surface area contributed by atoms with Gasteiger partial charge in [-0.2, -0.15) is 0 Å². The Labute approximate surface area is 142 Å². The van der Waals surface area contributed by atoms with E-state index in [1.807, 2.05) is 24.3 Å². The second-order valence-electron chi connectivity index (χ2n) is 6.99. The van der Waals surface area contributed by atoms with Gasteiger partial charge in [0.2, 0.25) is 11.8 Å². The first-order valence-electron chi connectivity index (χ1n) is 8.99. The molecule has 1 aromatic rings. The highest BCUT2D eigenvalue weighted by atomic mass is 16.3. The number of rotatable bonds is 5. The minimum absolute atomic E-state index is 0.0830. The second-order valence-corrected chi connectivity index (χ2v) is 6.99. The molecule has 0 aromatic heterocycles. The summed E-state index contributed by atoms with van der Waals surface area (Å²) in [7, 11) is 0. The van der Waals surface area contributed by atoms with Crippen LogP contribution >= 0.6 is 0 Å². The summed E-state index contributed by atoms with van der Waals surface area (Å²) in [6, 6.07) is 7.59. The van der Waals surface area contributed by atoms with Crippen molar-refractivity contribution in [2.45, 2.75) is 57.6 Å². The number of anilines is 1. The molecule has 0 radical (unpaired) electrons. The molecule has 2 unspecified atom stereocenters. The van der Waals surface area contributed by atoms with Gasteiger partial charge in [0.15, 0.2) is 0 Å². The van der Waals surface area contributed by atoms with E-state index in [9.17, 15) is 14.7 Å². The molecule has 130 valence electrons. The smallest absolute Gasteiger partial charge is 0.227 e. The third-order valence-corrected chi connectivity index (χ3v) is 5.20. The first kappa shape index (κ1) is 17.0. The largest absolute Gasteiger partial charge is 0.392 e. The fourth-order valence-electron chi connectivity index (χ4n) is 3.76. The summed E-state index contributed by atoms with van der Waals surface area (Å²) in [5.41, 5.74) is 1.72. The Bertz CT molecular complexity index is 596. The number of aliphatic hydroxyl groups is 1. The monoisotopic (exact) mass is 330 g/mol. The van der Waals surface area contributed by atoms with Crippen molar-refractivity contribution in [3.63, 3.8) is 0 Å². The van der Waals surface area contributed by atoms with Crippen LogP contribution in [0, 0.1) is 11.8 Å². The average molecular weight is 330 g/mol. The van der Waals surface area contributed by atoms with Crippen LogP contribution < -0.4 is 10.6 Å². The SMILES string of the molecule is O=C(Nc1cccc(CNC(=O)C2CCCC2O)c1)C1CCCC1. The molecule has 5 nitrogen and oxygen atoms in total.